The van der Waals surface area contributed by atoms with E-state index in [1.54, 1.807) is 24.3 Å². The van der Waals surface area contributed by atoms with Crippen molar-refractivity contribution in [1.29, 1.82) is 0 Å². The van der Waals surface area contributed by atoms with Crippen LogP contribution in [0.15, 0.2) is 36.4 Å². The average molecular weight is 516 g/mol. The molecule has 1 atom stereocenters. The third-order valence-electron chi connectivity index (χ3n) is 5.11. The van der Waals surface area contributed by atoms with E-state index in [2.05, 4.69) is 21.3 Å². The SMILES string of the molecule is CC(=O)OCc1ccc(NC(=O)CNC(=O)C(CCCNC=O)NC(=O)CCN2C(=O)C=CC2=O)cc1. The Kier molecular flexibility index (Phi) is 11.4. The number of carbonyl (C=O) groups is 7. The molecule has 2 rings (SSSR count). The maximum absolute atomic E-state index is 12.7. The highest BCUT2D eigenvalue weighted by Crippen LogP contribution is 2.10. The molecule has 0 fully saturated rings. The van der Waals surface area contributed by atoms with Gasteiger partial charge in [0.2, 0.25) is 24.1 Å². The zero-order valence-corrected chi connectivity index (χ0v) is 20.3. The van der Waals surface area contributed by atoms with Crippen molar-refractivity contribution < 1.29 is 38.3 Å². The number of amides is 6. The quantitative estimate of drug-likeness (QED) is 0.101. The Morgan fingerprint density at radius 2 is 1.70 bits per heavy atom. The molecule has 6 amide bonds. The van der Waals surface area contributed by atoms with Gasteiger partial charge in [-0.1, -0.05) is 12.1 Å². The summed E-state index contributed by atoms with van der Waals surface area (Å²) in [5.41, 5.74) is 1.20. The number of nitrogens with zero attached hydrogens (tertiary/aromatic N) is 1. The Bertz CT molecular complexity index is 1040. The summed E-state index contributed by atoms with van der Waals surface area (Å²) in [7, 11) is 0. The van der Waals surface area contributed by atoms with Gasteiger partial charge in [0.25, 0.3) is 11.8 Å². The molecule has 1 aromatic carbocycles. The van der Waals surface area contributed by atoms with E-state index in [1.165, 1.54) is 6.92 Å². The zero-order valence-electron chi connectivity index (χ0n) is 20.3. The van der Waals surface area contributed by atoms with E-state index in [9.17, 15) is 33.6 Å². The highest BCUT2D eigenvalue weighted by molar-refractivity contribution is 6.13. The molecule has 37 heavy (non-hydrogen) atoms. The van der Waals surface area contributed by atoms with Crippen molar-refractivity contribution in [3.63, 3.8) is 0 Å². The summed E-state index contributed by atoms with van der Waals surface area (Å²) < 4.78 is 4.90. The van der Waals surface area contributed by atoms with Gasteiger partial charge in [-0.2, -0.15) is 0 Å². The number of rotatable bonds is 15. The molecule has 1 aromatic rings. The Labute approximate surface area is 213 Å². The van der Waals surface area contributed by atoms with Crippen LogP contribution in [0.5, 0.6) is 0 Å². The van der Waals surface area contributed by atoms with Crippen LogP contribution in [0.3, 0.4) is 0 Å². The summed E-state index contributed by atoms with van der Waals surface area (Å²) in [4.78, 5) is 82.8. The molecule has 0 radical (unpaired) electrons. The van der Waals surface area contributed by atoms with Crippen LogP contribution < -0.4 is 21.3 Å². The fourth-order valence-electron chi connectivity index (χ4n) is 3.23. The Morgan fingerprint density at radius 3 is 2.32 bits per heavy atom. The molecule has 0 bridgehead atoms. The van der Waals surface area contributed by atoms with Crippen LogP contribution in [0.25, 0.3) is 0 Å². The molecule has 0 aliphatic carbocycles. The number of carbonyl (C=O) groups excluding carboxylic acids is 7. The first-order valence-corrected chi connectivity index (χ1v) is 11.5. The van der Waals surface area contributed by atoms with Gasteiger partial charge < -0.3 is 26.0 Å². The van der Waals surface area contributed by atoms with Gasteiger partial charge >= 0.3 is 5.97 Å². The first-order chi connectivity index (χ1) is 17.7. The second-order valence-corrected chi connectivity index (χ2v) is 7.99. The highest BCUT2D eigenvalue weighted by atomic mass is 16.5. The summed E-state index contributed by atoms with van der Waals surface area (Å²) in [6, 6.07) is 5.59. The molecule has 1 heterocycles. The molecule has 13 heteroatoms. The molecule has 1 aliphatic rings. The van der Waals surface area contributed by atoms with E-state index < -0.39 is 41.5 Å². The largest absolute Gasteiger partial charge is 0.461 e. The maximum atomic E-state index is 12.7. The highest BCUT2D eigenvalue weighted by Gasteiger charge is 2.25. The summed E-state index contributed by atoms with van der Waals surface area (Å²) >= 11 is 0. The number of esters is 1. The van der Waals surface area contributed by atoms with Crippen LogP contribution >= 0.6 is 0 Å². The summed E-state index contributed by atoms with van der Waals surface area (Å²) in [5, 5.41) is 10.1. The zero-order chi connectivity index (χ0) is 27.2. The van der Waals surface area contributed by atoms with Crippen LogP contribution in [-0.2, 0) is 44.9 Å². The number of hydrogen-bond donors (Lipinski definition) is 4. The lowest BCUT2D eigenvalue weighted by Gasteiger charge is -2.19. The number of anilines is 1. The Hall–Kier alpha value is -4.55. The fraction of sp³-hybridized carbons (Fsp3) is 0.375. The third kappa shape index (κ3) is 10.3. The first-order valence-electron chi connectivity index (χ1n) is 11.5. The second-order valence-electron chi connectivity index (χ2n) is 7.99. The number of nitrogens with one attached hydrogen (secondary N) is 4. The van der Waals surface area contributed by atoms with Gasteiger partial charge in [0, 0.05) is 44.3 Å². The summed E-state index contributed by atoms with van der Waals surface area (Å²) in [6.45, 7) is 1.18. The van der Waals surface area contributed by atoms with E-state index >= 15 is 0 Å². The van der Waals surface area contributed by atoms with Gasteiger partial charge in [0.1, 0.15) is 12.6 Å². The number of imide groups is 1. The minimum atomic E-state index is -1.00. The van der Waals surface area contributed by atoms with Gasteiger partial charge in [-0.3, -0.25) is 38.5 Å². The van der Waals surface area contributed by atoms with E-state index in [0.29, 0.717) is 18.5 Å². The van der Waals surface area contributed by atoms with Gasteiger partial charge in [-0.25, -0.2) is 0 Å². The second kappa shape index (κ2) is 14.8. The Balaban J connectivity index is 1.84. The van der Waals surface area contributed by atoms with E-state index in [1.807, 2.05) is 0 Å². The third-order valence-corrected chi connectivity index (χ3v) is 5.11. The fourth-order valence-corrected chi connectivity index (χ4v) is 3.23. The van der Waals surface area contributed by atoms with Crippen molar-refractivity contribution in [2.24, 2.45) is 0 Å². The lowest BCUT2D eigenvalue weighted by Crippen LogP contribution is -2.49. The van der Waals surface area contributed by atoms with Crippen molar-refractivity contribution in [3.05, 3.63) is 42.0 Å². The molecule has 1 unspecified atom stereocenters. The minimum absolute atomic E-state index is 0.108. The van der Waals surface area contributed by atoms with Crippen LogP contribution in [0.2, 0.25) is 0 Å². The van der Waals surface area contributed by atoms with Crippen molar-refractivity contribution in [2.45, 2.75) is 38.8 Å². The first kappa shape index (κ1) is 28.7. The van der Waals surface area contributed by atoms with Crippen molar-refractivity contribution >= 4 is 47.6 Å². The summed E-state index contributed by atoms with van der Waals surface area (Å²) in [6.07, 6.45) is 3.07. The van der Waals surface area contributed by atoms with E-state index in [-0.39, 0.29) is 39.1 Å². The van der Waals surface area contributed by atoms with Crippen molar-refractivity contribution in [3.8, 4) is 0 Å². The van der Waals surface area contributed by atoms with Crippen LogP contribution in [0, 0.1) is 0 Å². The normalized spacial score (nSPS) is 13.1. The molecule has 0 saturated carbocycles. The monoisotopic (exact) mass is 515 g/mol. The lowest BCUT2D eigenvalue weighted by molar-refractivity contribution is -0.142. The predicted molar refractivity (Wildman–Crippen MR) is 129 cm³/mol. The average Bonchev–Trinajstić information content (AvgIpc) is 3.19. The molecule has 0 spiro atoms. The standard InChI is InChI=1S/C24H29N5O8/c1-16(31)37-14-17-4-6-18(7-5-17)27-21(33)13-26-24(36)19(3-2-11-25-15-30)28-20(32)10-12-29-22(34)8-9-23(29)35/h4-9,15,19H,2-3,10-14H2,1H3,(H,25,30)(H,26,36)(H,27,33)(H,28,32). The molecule has 198 valence electrons. The number of benzene rings is 1. The molecule has 4 N–H and O–H groups in total. The van der Waals surface area contributed by atoms with E-state index in [0.717, 1.165) is 22.6 Å². The topological polar surface area (TPSA) is 180 Å². The molecule has 1 aliphatic heterocycles. The van der Waals surface area contributed by atoms with Gasteiger partial charge in [0.05, 0.1) is 6.54 Å². The van der Waals surface area contributed by atoms with Gasteiger partial charge in [0.15, 0.2) is 0 Å². The molecular formula is C24H29N5O8. The summed E-state index contributed by atoms with van der Waals surface area (Å²) in [5.74, 6) is -3.12. The minimum Gasteiger partial charge on any atom is -0.461 e. The van der Waals surface area contributed by atoms with Crippen LogP contribution in [-0.4, -0.2) is 72.5 Å². The van der Waals surface area contributed by atoms with Gasteiger partial charge in [-0.15, -0.1) is 0 Å². The number of hydrogen-bond acceptors (Lipinski definition) is 8. The molecule has 0 saturated heterocycles. The molecule has 0 aromatic heterocycles. The smallest absolute Gasteiger partial charge is 0.302 e. The lowest BCUT2D eigenvalue weighted by atomic mass is 10.1. The van der Waals surface area contributed by atoms with Crippen LogP contribution in [0.1, 0.15) is 31.7 Å². The predicted octanol–water partition coefficient (Wildman–Crippen LogP) is -0.869. The van der Waals surface area contributed by atoms with Crippen molar-refractivity contribution in [2.75, 3.05) is 25.0 Å². The van der Waals surface area contributed by atoms with Crippen LogP contribution in [0.4, 0.5) is 5.69 Å². The molecular weight excluding hydrogens is 486 g/mol. The Morgan fingerprint density at radius 1 is 1.03 bits per heavy atom. The van der Waals surface area contributed by atoms with Gasteiger partial charge in [-0.05, 0) is 30.5 Å². The maximum Gasteiger partial charge on any atom is 0.302 e. The molecule has 13 nitrogen and oxygen atoms in total. The van der Waals surface area contributed by atoms with E-state index in [4.69, 9.17) is 4.74 Å². The van der Waals surface area contributed by atoms with Crippen molar-refractivity contribution in [1.82, 2.24) is 20.9 Å². The number of ether oxygens (including phenoxy) is 1.